The molecule has 178 valence electrons. The van der Waals surface area contributed by atoms with Crippen molar-refractivity contribution in [1.82, 2.24) is 0 Å². The first kappa shape index (κ1) is 24.4. The molecule has 0 fully saturated rings. The Bertz CT molecular complexity index is 1120. The Balaban J connectivity index is 1.78. The molecule has 2 N–H and O–H groups in total. The molecule has 8 heteroatoms. The highest BCUT2D eigenvalue weighted by Gasteiger charge is 2.17. The number of hydrogen-bond donors (Lipinski definition) is 2. The lowest BCUT2D eigenvalue weighted by molar-refractivity contribution is -0.118. The Kier molecular flexibility index (Phi) is 8.73. The zero-order valence-electron chi connectivity index (χ0n) is 19.4. The van der Waals surface area contributed by atoms with Gasteiger partial charge < -0.3 is 29.6 Å². The van der Waals surface area contributed by atoms with E-state index in [9.17, 15) is 9.59 Å². The van der Waals surface area contributed by atoms with Crippen LogP contribution < -0.4 is 29.6 Å². The van der Waals surface area contributed by atoms with Crippen molar-refractivity contribution in [2.24, 2.45) is 0 Å². The van der Waals surface area contributed by atoms with Crippen LogP contribution in [-0.4, -0.2) is 38.7 Å². The van der Waals surface area contributed by atoms with E-state index in [1.54, 1.807) is 67.8 Å². The van der Waals surface area contributed by atoms with Gasteiger partial charge in [-0.05, 0) is 38.1 Å². The number of nitrogens with one attached hydrogen (secondary N) is 2. The van der Waals surface area contributed by atoms with Crippen molar-refractivity contribution < 1.29 is 28.5 Å². The summed E-state index contributed by atoms with van der Waals surface area (Å²) in [5.74, 6) is 1.27. The third-order valence-corrected chi connectivity index (χ3v) is 4.65. The molecule has 8 nitrogen and oxygen atoms in total. The maximum atomic E-state index is 12.7. The van der Waals surface area contributed by atoms with E-state index in [1.165, 1.54) is 0 Å². The second-order valence-electron chi connectivity index (χ2n) is 7.05. The summed E-state index contributed by atoms with van der Waals surface area (Å²) >= 11 is 0. The van der Waals surface area contributed by atoms with Gasteiger partial charge in [0.25, 0.3) is 11.8 Å². The number of methoxy groups -OCH3 is 1. The van der Waals surface area contributed by atoms with E-state index in [0.29, 0.717) is 53.2 Å². The smallest absolute Gasteiger partial charge is 0.262 e. The van der Waals surface area contributed by atoms with E-state index >= 15 is 0 Å². The molecule has 0 aliphatic carbocycles. The van der Waals surface area contributed by atoms with E-state index < -0.39 is 0 Å². The lowest BCUT2D eigenvalue weighted by Crippen LogP contribution is -2.21. The molecule has 0 aromatic heterocycles. The Hall–Kier alpha value is -4.20. The molecular formula is C26H28N2O6. The molecule has 0 aliphatic rings. The zero-order chi connectivity index (χ0) is 24.3. The second-order valence-corrected chi connectivity index (χ2v) is 7.05. The molecule has 2 amide bonds. The fourth-order valence-electron chi connectivity index (χ4n) is 3.12. The van der Waals surface area contributed by atoms with Gasteiger partial charge in [0.1, 0.15) is 23.0 Å². The minimum absolute atomic E-state index is 0.213. The largest absolute Gasteiger partial charge is 0.497 e. The van der Waals surface area contributed by atoms with Crippen molar-refractivity contribution in [1.29, 1.82) is 0 Å². The van der Waals surface area contributed by atoms with Gasteiger partial charge in [0.2, 0.25) is 0 Å². The number of carbonyl (C=O) groups excluding carboxylic acids is 2. The standard InChI is InChI=1S/C26H28N2O6/c1-4-32-23-16-22(28-26(30)18-10-7-6-8-11-18)24(33-5-2)15-21(23)27-25(29)17-34-20-13-9-12-19(14-20)31-3/h6-16H,4-5,17H2,1-3H3,(H,27,29)(H,28,30). The van der Waals surface area contributed by atoms with Crippen molar-refractivity contribution in [2.45, 2.75) is 13.8 Å². The van der Waals surface area contributed by atoms with Crippen molar-refractivity contribution >= 4 is 23.2 Å². The molecule has 3 aromatic rings. The topological polar surface area (TPSA) is 95.1 Å². The average molecular weight is 465 g/mol. The number of rotatable bonds is 11. The Morgan fingerprint density at radius 2 is 1.35 bits per heavy atom. The van der Waals surface area contributed by atoms with Gasteiger partial charge in [-0.15, -0.1) is 0 Å². The summed E-state index contributed by atoms with van der Waals surface area (Å²) in [7, 11) is 1.56. The predicted octanol–water partition coefficient (Wildman–Crippen LogP) is 4.76. The molecule has 0 saturated heterocycles. The van der Waals surface area contributed by atoms with Crippen LogP contribution in [0.15, 0.2) is 66.7 Å². The Labute approximate surface area is 198 Å². The fraction of sp³-hybridized carbons (Fsp3) is 0.231. The summed E-state index contributed by atoms with van der Waals surface area (Å²) in [6.07, 6.45) is 0. The van der Waals surface area contributed by atoms with E-state index in [0.717, 1.165) is 0 Å². The van der Waals surface area contributed by atoms with Crippen LogP contribution in [0.4, 0.5) is 11.4 Å². The molecule has 0 spiro atoms. The molecule has 0 bridgehead atoms. The molecule has 0 aliphatic heterocycles. The third-order valence-electron chi connectivity index (χ3n) is 4.65. The van der Waals surface area contributed by atoms with Crippen LogP contribution in [0, 0.1) is 0 Å². The minimum Gasteiger partial charge on any atom is -0.497 e. The van der Waals surface area contributed by atoms with Crippen LogP contribution in [0.25, 0.3) is 0 Å². The summed E-state index contributed by atoms with van der Waals surface area (Å²) in [5, 5.41) is 5.65. The maximum absolute atomic E-state index is 12.7. The van der Waals surface area contributed by atoms with Crippen molar-refractivity contribution in [2.75, 3.05) is 37.6 Å². The van der Waals surface area contributed by atoms with Crippen LogP contribution >= 0.6 is 0 Å². The van der Waals surface area contributed by atoms with Gasteiger partial charge in [0, 0.05) is 23.8 Å². The van der Waals surface area contributed by atoms with Crippen LogP contribution in [0.3, 0.4) is 0 Å². The first-order chi connectivity index (χ1) is 16.5. The lowest BCUT2D eigenvalue weighted by Gasteiger charge is -2.18. The molecule has 0 atom stereocenters. The van der Waals surface area contributed by atoms with Gasteiger partial charge in [-0.1, -0.05) is 24.3 Å². The summed E-state index contributed by atoms with van der Waals surface area (Å²) in [6.45, 7) is 4.18. The van der Waals surface area contributed by atoms with Gasteiger partial charge in [-0.2, -0.15) is 0 Å². The highest BCUT2D eigenvalue weighted by Crippen LogP contribution is 2.37. The van der Waals surface area contributed by atoms with Gasteiger partial charge >= 0.3 is 0 Å². The number of hydrogen-bond acceptors (Lipinski definition) is 6. The summed E-state index contributed by atoms with van der Waals surface area (Å²) in [6, 6.07) is 19.1. The molecule has 3 aromatic carbocycles. The van der Waals surface area contributed by atoms with Gasteiger partial charge in [0.15, 0.2) is 6.61 Å². The fourth-order valence-corrected chi connectivity index (χ4v) is 3.12. The number of amides is 2. The van der Waals surface area contributed by atoms with E-state index in [4.69, 9.17) is 18.9 Å². The quantitative estimate of drug-likeness (QED) is 0.425. The predicted molar refractivity (Wildman–Crippen MR) is 130 cm³/mol. The summed E-state index contributed by atoms with van der Waals surface area (Å²) in [4.78, 5) is 25.2. The van der Waals surface area contributed by atoms with Crippen molar-refractivity contribution in [3.05, 3.63) is 72.3 Å². The second kappa shape index (κ2) is 12.2. The molecule has 0 saturated carbocycles. The minimum atomic E-state index is -0.382. The van der Waals surface area contributed by atoms with Crippen LogP contribution in [0.5, 0.6) is 23.0 Å². The van der Waals surface area contributed by atoms with Crippen LogP contribution in [0.1, 0.15) is 24.2 Å². The normalized spacial score (nSPS) is 10.2. The number of anilines is 2. The van der Waals surface area contributed by atoms with E-state index in [2.05, 4.69) is 10.6 Å². The molecule has 0 unspecified atom stereocenters. The Morgan fingerprint density at radius 1 is 0.735 bits per heavy atom. The highest BCUT2D eigenvalue weighted by atomic mass is 16.5. The number of ether oxygens (including phenoxy) is 4. The monoisotopic (exact) mass is 464 g/mol. The SMILES string of the molecule is CCOc1cc(NC(=O)c2ccccc2)c(OCC)cc1NC(=O)COc1cccc(OC)c1. The Morgan fingerprint density at radius 3 is 1.97 bits per heavy atom. The van der Waals surface area contributed by atoms with Gasteiger partial charge in [0.05, 0.1) is 31.7 Å². The van der Waals surface area contributed by atoms with Crippen LogP contribution in [-0.2, 0) is 4.79 Å². The lowest BCUT2D eigenvalue weighted by atomic mass is 10.2. The zero-order valence-corrected chi connectivity index (χ0v) is 19.4. The molecule has 0 heterocycles. The van der Waals surface area contributed by atoms with Crippen molar-refractivity contribution in [3.8, 4) is 23.0 Å². The third kappa shape index (κ3) is 6.65. The summed E-state index contributed by atoms with van der Waals surface area (Å²) in [5.41, 5.74) is 1.35. The molecule has 34 heavy (non-hydrogen) atoms. The van der Waals surface area contributed by atoms with Gasteiger partial charge in [-0.25, -0.2) is 0 Å². The number of carbonyl (C=O) groups is 2. The van der Waals surface area contributed by atoms with Crippen molar-refractivity contribution in [3.63, 3.8) is 0 Å². The average Bonchev–Trinajstić information content (AvgIpc) is 2.86. The molecule has 0 radical (unpaired) electrons. The van der Waals surface area contributed by atoms with E-state index in [1.807, 2.05) is 19.9 Å². The number of benzene rings is 3. The highest BCUT2D eigenvalue weighted by molar-refractivity contribution is 6.05. The maximum Gasteiger partial charge on any atom is 0.262 e. The molecule has 3 rings (SSSR count). The van der Waals surface area contributed by atoms with Crippen LogP contribution in [0.2, 0.25) is 0 Å². The first-order valence-corrected chi connectivity index (χ1v) is 10.9. The molecular weight excluding hydrogens is 436 g/mol. The first-order valence-electron chi connectivity index (χ1n) is 10.9. The summed E-state index contributed by atoms with van der Waals surface area (Å²) < 4.78 is 22.2. The van der Waals surface area contributed by atoms with Gasteiger partial charge in [-0.3, -0.25) is 9.59 Å². The van der Waals surface area contributed by atoms with E-state index in [-0.39, 0.29) is 18.4 Å².